The van der Waals surface area contributed by atoms with Crippen LogP contribution in [0.5, 0.6) is 0 Å². The van der Waals surface area contributed by atoms with E-state index in [1.54, 1.807) is 0 Å². The molecule has 0 fully saturated rings. The average molecular weight is 352 g/mol. The van der Waals surface area contributed by atoms with Crippen molar-refractivity contribution in [3.05, 3.63) is 24.8 Å². The van der Waals surface area contributed by atoms with E-state index in [4.69, 9.17) is 4.43 Å². The molecule has 3 heteroatoms. The zero-order chi connectivity index (χ0) is 12.8. The molecule has 0 aromatic heterocycles. The van der Waals surface area contributed by atoms with E-state index in [-0.39, 0.29) is 11.1 Å². The van der Waals surface area contributed by atoms with Gasteiger partial charge in [0.15, 0.2) is 8.32 Å². The van der Waals surface area contributed by atoms with E-state index in [0.717, 1.165) is 10.8 Å². The lowest BCUT2D eigenvalue weighted by molar-refractivity contribution is 0.223. The average Bonchev–Trinajstić information content (AvgIpc) is 2.12. The summed E-state index contributed by atoms with van der Waals surface area (Å²) >= 11 is 2.40. The van der Waals surface area contributed by atoms with Crippen molar-refractivity contribution in [1.29, 1.82) is 0 Å². The molecular formula is C13H25IOSi. The first kappa shape index (κ1) is 16.4. The number of rotatable bonds is 6. The summed E-state index contributed by atoms with van der Waals surface area (Å²) in [5.74, 6) is 0. The summed E-state index contributed by atoms with van der Waals surface area (Å²) in [5.41, 5.74) is 0. The van der Waals surface area contributed by atoms with Gasteiger partial charge in [-0.1, -0.05) is 68.2 Å². The van der Waals surface area contributed by atoms with E-state index in [0.29, 0.717) is 0 Å². The molecule has 0 N–H and O–H groups in total. The molecule has 0 aliphatic heterocycles. The molecule has 0 saturated carbocycles. The molecule has 0 aromatic rings. The van der Waals surface area contributed by atoms with Crippen LogP contribution in [0.1, 0.15) is 27.2 Å². The van der Waals surface area contributed by atoms with Gasteiger partial charge in [-0.3, -0.25) is 0 Å². The van der Waals surface area contributed by atoms with Gasteiger partial charge < -0.3 is 4.43 Å². The first-order chi connectivity index (χ1) is 7.24. The molecule has 0 radical (unpaired) electrons. The number of halogens is 1. The van der Waals surface area contributed by atoms with E-state index >= 15 is 0 Å². The Kier molecular flexibility index (Phi) is 7.13. The Balaban J connectivity index is 4.61. The van der Waals surface area contributed by atoms with Gasteiger partial charge in [-0.05, 0) is 24.6 Å². The lowest BCUT2D eigenvalue weighted by atomic mass is 10.2. The zero-order valence-electron chi connectivity index (χ0n) is 11.2. The van der Waals surface area contributed by atoms with Gasteiger partial charge in [0.2, 0.25) is 0 Å². The van der Waals surface area contributed by atoms with Crippen molar-refractivity contribution in [2.75, 3.05) is 4.43 Å². The highest BCUT2D eigenvalue weighted by Crippen LogP contribution is 2.37. The van der Waals surface area contributed by atoms with Crippen LogP contribution in [0.3, 0.4) is 0 Å². The van der Waals surface area contributed by atoms with Crippen LogP contribution in [0, 0.1) is 0 Å². The molecule has 94 valence electrons. The third-order valence-corrected chi connectivity index (χ3v) is 8.23. The minimum Gasteiger partial charge on any atom is -0.411 e. The summed E-state index contributed by atoms with van der Waals surface area (Å²) in [6.07, 6.45) is 7.26. The Bertz CT molecular complexity index is 241. The Hall–Kier alpha value is 0.387. The molecule has 0 unspecified atom stereocenters. The zero-order valence-corrected chi connectivity index (χ0v) is 14.4. The van der Waals surface area contributed by atoms with Crippen LogP contribution in [0.2, 0.25) is 18.1 Å². The molecule has 0 aromatic carbocycles. The molecule has 0 rings (SSSR count). The highest BCUT2D eigenvalue weighted by Gasteiger charge is 2.38. The maximum Gasteiger partial charge on any atom is 0.192 e. The minimum atomic E-state index is -1.64. The second-order valence-electron chi connectivity index (χ2n) is 5.51. The molecular weight excluding hydrogens is 327 g/mol. The Morgan fingerprint density at radius 2 is 1.94 bits per heavy atom. The summed E-state index contributed by atoms with van der Waals surface area (Å²) in [6, 6.07) is 0. The van der Waals surface area contributed by atoms with E-state index in [9.17, 15) is 0 Å². The van der Waals surface area contributed by atoms with Crippen LogP contribution in [0.25, 0.3) is 0 Å². The maximum absolute atomic E-state index is 6.34. The molecule has 0 heterocycles. The second-order valence-corrected chi connectivity index (χ2v) is 11.3. The van der Waals surface area contributed by atoms with Gasteiger partial charge in [-0.2, -0.15) is 0 Å². The van der Waals surface area contributed by atoms with Gasteiger partial charge in [0.25, 0.3) is 0 Å². The highest BCUT2D eigenvalue weighted by molar-refractivity contribution is 14.1. The molecule has 1 atom stereocenters. The van der Waals surface area contributed by atoms with Crippen LogP contribution >= 0.6 is 22.6 Å². The van der Waals surface area contributed by atoms with Crippen molar-refractivity contribution in [1.82, 2.24) is 0 Å². The van der Waals surface area contributed by atoms with Gasteiger partial charge in [0.05, 0.1) is 6.10 Å². The smallest absolute Gasteiger partial charge is 0.192 e. The molecule has 0 aliphatic rings. The van der Waals surface area contributed by atoms with Gasteiger partial charge in [-0.25, -0.2) is 0 Å². The van der Waals surface area contributed by atoms with E-state index in [2.05, 4.69) is 69.1 Å². The van der Waals surface area contributed by atoms with Gasteiger partial charge in [0.1, 0.15) is 0 Å². The second kappa shape index (κ2) is 6.96. The lowest BCUT2D eigenvalue weighted by Crippen LogP contribution is -2.43. The van der Waals surface area contributed by atoms with Crippen molar-refractivity contribution < 1.29 is 4.43 Å². The fraction of sp³-hybridized carbons (Fsp3) is 0.692. The summed E-state index contributed by atoms with van der Waals surface area (Å²) in [4.78, 5) is 0. The van der Waals surface area contributed by atoms with Gasteiger partial charge in [-0.15, -0.1) is 0 Å². The van der Waals surface area contributed by atoms with Crippen LogP contribution < -0.4 is 0 Å². The topological polar surface area (TPSA) is 9.23 Å². The van der Waals surface area contributed by atoms with E-state index in [1.807, 2.05) is 12.2 Å². The first-order valence-electron chi connectivity index (χ1n) is 5.77. The Labute approximate surface area is 116 Å². The fourth-order valence-corrected chi connectivity index (χ4v) is 2.98. The van der Waals surface area contributed by atoms with Crippen LogP contribution in [0.15, 0.2) is 24.8 Å². The molecule has 0 bridgehead atoms. The van der Waals surface area contributed by atoms with Gasteiger partial charge >= 0.3 is 0 Å². The molecule has 0 aliphatic carbocycles. The van der Waals surface area contributed by atoms with Crippen LogP contribution in [0.4, 0.5) is 0 Å². The fourth-order valence-electron chi connectivity index (χ4n) is 1.06. The van der Waals surface area contributed by atoms with E-state index < -0.39 is 8.32 Å². The molecule has 0 saturated heterocycles. The summed E-state index contributed by atoms with van der Waals surface area (Å²) in [6.45, 7) is 15.1. The number of hydrogen-bond acceptors (Lipinski definition) is 1. The summed E-state index contributed by atoms with van der Waals surface area (Å²) in [7, 11) is -1.64. The molecule has 0 spiro atoms. The number of allylic oxidation sites excluding steroid dienone is 2. The first-order valence-corrected chi connectivity index (χ1v) is 10.2. The number of alkyl halides is 1. The van der Waals surface area contributed by atoms with E-state index in [1.165, 1.54) is 0 Å². The standard InChI is InChI=1S/C13H25IOSi/c1-7-8-9-12(10-11-14)15-16(5,6)13(2,3)4/h7-9,12H,1,10-11H2,2-6H3/b9-8+/t12-/m1/s1. The largest absolute Gasteiger partial charge is 0.411 e. The van der Waals surface area contributed by atoms with Gasteiger partial charge in [0, 0.05) is 4.43 Å². The monoisotopic (exact) mass is 352 g/mol. The number of hydrogen-bond donors (Lipinski definition) is 0. The SMILES string of the molecule is C=C/C=C/[C@H](CCI)O[Si](C)(C)C(C)(C)C. The Morgan fingerprint density at radius 3 is 2.31 bits per heavy atom. The van der Waals surface area contributed by atoms with Crippen molar-refractivity contribution in [3.63, 3.8) is 0 Å². The highest BCUT2D eigenvalue weighted by atomic mass is 127. The predicted molar refractivity (Wildman–Crippen MR) is 84.9 cm³/mol. The lowest BCUT2D eigenvalue weighted by Gasteiger charge is -2.38. The molecule has 1 nitrogen and oxygen atoms in total. The van der Waals surface area contributed by atoms with Crippen molar-refractivity contribution in [2.24, 2.45) is 0 Å². The summed E-state index contributed by atoms with van der Waals surface area (Å²) < 4.78 is 7.47. The predicted octanol–water partition coefficient (Wildman–Crippen LogP) is 4.94. The van der Waals surface area contributed by atoms with Crippen molar-refractivity contribution >= 4 is 30.9 Å². The van der Waals surface area contributed by atoms with Crippen molar-refractivity contribution in [3.8, 4) is 0 Å². The van der Waals surface area contributed by atoms with Crippen LogP contribution in [-0.4, -0.2) is 18.8 Å². The third-order valence-electron chi connectivity index (χ3n) is 3.11. The Morgan fingerprint density at radius 1 is 1.38 bits per heavy atom. The van der Waals surface area contributed by atoms with Crippen LogP contribution in [-0.2, 0) is 4.43 Å². The summed E-state index contributed by atoms with van der Waals surface area (Å²) in [5, 5.41) is 0.276. The maximum atomic E-state index is 6.34. The van der Waals surface area contributed by atoms with Crippen molar-refractivity contribution in [2.45, 2.75) is 51.4 Å². The molecule has 0 amide bonds. The normalized spacial score (nSPS) is 15.4. The quantitative estimate of drug-likeness (QED) is 0.285. The third kappa shape index (κ3) is 5.64. The molecule has 16 heavy (non-hydrogen) atoms. The minimum absolute atomic E-state index is 0.246.